The Kier molecular flexibility index (Phi) is 5.17. The molecule has 1 aromatic carbocycles. The first-order valence-corrected chi connectivity index (χ1v) is 6.51. The van der Waals surface area contributed by atoms with Gasteiger partial charge in [-0.25, -0.2) is 0 Å². The molecule has 102 valence electrons. The predicted octanol–water partition coefficient (Wildman–Crippen LogP) is 2.39. The molecule has 0 radical (unpaired) electrons. The molecule has 0 amide bonds. The smallest absolute Gasteiger partial charge is 0.0686 e. The number of hydrogen-bond donors (Lipinski definition) is 2. The summed E-state index contributed by atoms with van der Waals surface area (Å²) in [6, 6.07) is 8.46. The van der Waals surface area contributed by atoms with Crippen LogP contribution in [0.2, 0.25) is 0 Å². The number of benzene rings is 1. The maximum absolute atomic E-state index is 9.36. The lowest BCUT2D eigenvalue weighted by Crippen LogP contribution is -2.35. The minimum Gasteiger partial charge on any atom is -0.392 e. The fraction of sp³-hybridized carbons (Fsp3) is 0.600. The van der Waals surface area contributed by atoms with Crippen molar-refractivity contribution < 1.29 is 5.11 Å². The van der Waals surface area contributed by atoms with Crippen molar-refractivity contribution in [3.63, 3.8) is 0 Å². The van der Waals surface area contributed by atoms with E-state index in [4.69, 9.17) is 0 Å². The average molecular weight is 250 g/mol. The van der Waals surface area contributed by atoms with Crippen molar-refractivity contribution >= 4 is 5.69 Å². The topological polar surface area (TPSA) is 35.5 Å². The molecule has 0 fully saturated rings. The van der Waals surface area contributed by atoms with Gasteiger partial charge in [-0.05, 0) is 45.4 Å². The zero-order valence-corrected chi connectivity index (χ0v) is 12.2. The fourth-order valence-corrected chi connectivity index (χ4v) is 1.74. The first-order valence-electron chi connectivity index (χ1n) is 6.51. The highest BCUT2D eigenvalue weighted by Crippen LogP contribution is 2.14. The minimum absolute atomic E-state index is 0.141. The summed E-state index contributed by atoms with van der Waals surface area (Å²) < 4.78 is 0. The Morgan fingerprint density at radius 3 is 2.22 bits per heavy atom. The molecule has 0 bridgehead atoms. The van der Waals surface area contributed by atoms with Gasteiger partial charge in [-0.3, -0.25) is 0 Å². The molecule has 0 aliphatic heterocycles. The molecule has 0 saturated heterocycles. The summed E-state index contributed by atoms with van der Waals surface area (Å²) in [5, 5.41) is 12.8. The summed E-state index contributed by atoms with van der Waals surface area (Å²) in [4.78, 5) is 2.06. The molecule has 0 aromatic heterocycles. The van der Waals surface area contributed by atoms with Gasteiger partial charge in [0.05, 0.1) is 6.10 Å². The lowest BCUT2D eigenvalue weighted by atomic mass is 10.1. The Bertz CT molecular complexity index is 352. The van der Waals surface area contributed by atoms with Crippen molar-refractivity contribution in [2.45, 2.75) is 45.9 Å². The molecule has 3 nitrogen and oxygen atoms in total. The SMILES string of the molecule is CC(O)CN(C)c1ccc(CNC(C)(C)C)cc1. The normalized spacial score (nSPS) is 13.4. The fourth-order valence-electron chi connectivity index (χ4n) is 1.74. The van der Waals surface area contributed by atoms with Crippen LogP contribution in [-0.2, 0) is 6.54 Å². The van der Waals surface area contributed by atoms with Gasteiger partial charge in [-0.15, -0.1) is 0 Å². The number of nitrogens with zero attached hydrogens (tertiary/aromatic N) is 1. The summed E-state index contributed by atoms with van der Waals surface area (Å²) in [5.74, 6) is 0. The first kappa shape index (κ1) is 15.0. The highest BCUT2D eigenvalue weighted by atomic mass is 16.3. The molecule has 1 rings (SSSR count). The van der Waals surface area contributed by atoms with Crippen LogP contribution in [0.1, 0.15) is 33.3 Å². The Morgan fingerprint density at radius 1 is 1.22 bits per heavy atom. The minimum atomic E-state index is -0.308. The molecule has 1 atom stereocenters. The van der Waals surface area contributed by atoms with E-state index in [0.29, 0.717) is 6.54 Å². The van der Waals surface area contributed by atoms with E-state index in [-0.39, 0.29) is 11.6 Å². The summed E-state index contributed by atoms with van der Waals surface area (Å²) in [5.41, 5.74) is 2.55. The van der Waals surface area contributed by atoms with Gasteiger partial charge in [-0.2, -0.15) is 0 Å². The average Bonchev–Trinajstić information content (AvgIpc) is 2.25. The summed E-state index contributed by atoms with van der Waals surface area (Å²) in [6.07, 6.45) is -0.308. The zero-order valence-electron chi connectivity index (χ0n) is 12.2. The molecular formula is C15H26N2O. The number of rotatable bonds is 5. The monoisotopic (exact) mass is 250 g/mol. The van der Waals surface area contributed by atoms with Gasteiger partial charge >= 0.3 is 0 Å². The third-order valence-corrected chi connectivity index (χ3v) is 2.74. The Labute approximate surface area is 111 Å². The molecule has 0 aliphatic carbocycles. The molecule has 0 heterocycles. The second kappa shape index (κ2) is 6.21. The number of nitrogens with one attached hydrogen (secondary N) is 1. The highest BCUT2D eigenvalue weighted by molar-refractivity contribution is 5.46. The predicted molar refractivity (Wildman–Crippen MR) is 78.0 cm³/mol. The lowest BCUT2D eigenvalue weighted by Gasteiger charge is -2.22. The standard InChI is InChI=1S/C15H26N2O/c1-12(18)11-17(5)14-8-6-13(7-9-14)10-16-15(2,3)4/h6-9,12,16,18H,10-11H2,1-5H3. The number of aliphatic hydroxyl groups excluding tert-OH is 1. The van der Waals surface area contributed by atoms with Crippen molar-refractivity contribution in [3.05, 3.63) is 29.8 Å². The largest absolute Gasteiger partial charge is 0.392 e. The van der Waals surface area contributed by atoms with Crippen molar-refractivity contribution in [1.29, 1.82) is 0 Å². The van der Waals surface area contributed by atoms with Gasteiger partial charge in [0.1, 0.15) is 0 Å². The van der Waals surface area contributed by atoms with Crippen LogP contribution in [-0.4, -0.2) is 30.3 Å². The van der Waals surface area contributed by atoms with E-state index in [9.17, 15) is 5.11 Å². The Morgan fingerprint density at radius 2 is 1.78 bits per heavy atom. The number of likely N-dealkylation sites (N-methyl/N-ethyl adjacent to an activating group) is 1. The molecule has 3 heteroatoms. The molecule has 1 unspecified atom stereocenters. The third kappa shape index (κ3) is 5.52. The second-order valence-corrected chi connectivity index (χ2v) is 6.00. The lowest BCUT2D eigenvalue weighted by molar-refractivity contribution is 0.201. The Hall–Kier alpha value is -1.06. The molecule has 0 spiro atoms. The summed E-state index contributed by atoms with van der Waals surface area (Å²) in [6.45, 7) is 9.83. The van der Waals surface area contributed by atoms with Gasteiger partial charge in [-0.1, -0.05) is 12.1 Å². The first-order chi connectivity index (χ1) is 8.28. The van der Waals surface area contributed by atoms with Crippen molar-refractivity contribution in [3.8, 4) is 0 Å². The van der Waals surface area contributed by atoms with E-state index in [2.05, 4.69) is 55.3 Å². The van der Waals surface area contributed by atoms with Crippen molar-refractivity contribution in [2.75, 3.05) is 18.5 Å². The van der Waals surface area contributed by atoms with Gasteiger partial charge in [0, 0.05) is 31.4 Å². The van der Waals surface area contributed by atoms with Crippen LogP contribution >= 0.6 is 0 Å². The molecule has 0 saturated carbocycles. The molecule has 2 N–H and O–H groups in total. The maximum Gasteiger partial charge on any atom is 0.0686 e. The van der Waals surface area contributed by atoms with E-state index in [0.717, 1.165) is 12.2 Å². The van der Waals surface area contributed by atoms with Crippen LogP contribution in [0, 0.1) is 0 Å². The zero-order chi connectivity index (χ0) is 13.8. The van der Waals surface area contributed by atoms with Gasteiger partial charge in [0.15, 0.2) is 0 Å². The van der Waals surface area contributed by atoms with Gasteiger partial charge < -0.3 is 15.3 Å². The number of hydrogen-bond acceptors (Lipinski definition) is 3. The molecular weight excluding hydrogens is 224 g/mol. The van der Waals surface area contributed by atoms with Crippen LogP contribution in [0.25, 0.3) is 0 Å². The van der Waals surface area contributed by atoms with E-state index in [1.807, 2.05) is 7.05 Å². The van der Waals surface area contributed by atoms with E-state index in [1.54, 1.807) is 6.92 Å². The summed E-state index contributed by atoms with van der Waals surface area (Å²) in [7, 11) is 2.00. The van der Waals surface area contributed by atoms with E-state index in [1.165, 1.54) is 5.56 Å². The van der Waals surface area contributed by atoms with Gasteiger partial charge in [0.25, 0.3) is 0 Å². The van der Waals surface area contributed by atoms with Crippen LogP contribution in [0.5, 0.6) is 0 Å². The van der Waals surface area contributed by atoms with Crippen molar-refractivity contribution in [1.82, 2.24) is 5.32 Å². The molecule has 1 aromatic rings. The molecule has 18 heavy (non-hydrogen) atoms. The van der Waals surface area contributed by atoms with Crippen molar-refractivity contribution in [2.24, 2.45) is 0 Å². The van der Waals surface area contributed by atoms with E-state index >= 15 is 0 Å². The van der Waals surface area contributed by atoms with Crippen LogP contribution in [0.3, 0.4) is 0 Å². The number of anilines is 1. The van der Waals surface area contributed by atoms with Crippen LogP contribution in [0.4, 0.5) is 5.69 Å². The summed E-state index contributed by atoms with van der Waals surface area (Å²) >= 11 is 0. The van der Waals surface area contributed by atoms with E-state index < -0.39 is 0 Å². The quantitative estimate of drug-likeness (QED) is 0.842. The highest BCUT2D eigenvalue weighted by Gasteiger charge is 2.08. The Balaban J connectivity index is 2.57. The number of aliphatic hydroxyl groups is 1. The van der Waals surface area contributed by atoms with Crippen LogP contribution < -0.4 is 10.2 Å². The van der Waals surface area contributed by atoms with Crippen LogP contribution in [0.15, 0.2) is 24.3 Å². The molecule has 0 aliphatic rings. The maximum atomic E-state index is 9.36. The third-order valence-electron chi connectivity index (χ3n) is 2.74. The van der Waals surface area contributed by atoms with Gasteiger partial charge in [0.2, 0.25) is 0 Å². The second-order valence-electron chi connectivity index (χ2n) is 6.00.